The summed E-state index contributed by atoms with van der Waals surface area (Å²) >= 11 is 23.1. The van der Waals surface area contributed by atoms with Gasteiger partial charge in [-0.1, -0.05) is 46.4 Å². The van der Waals surface area contributed by atoms with Crippen LogP contribution in [-0.4, -0.2) is 15.0 Å². The number of halogens is 4. The third-order valence-corrected chi connectivity index (χ3v) is 3.37. The highest BCUT2D eigenvalue weighted by Gasteiger charge is 2.24. The number of alkyl halides is 3. The zero-order chi connectivity index (χ0) is 17.4. The van der Waals surface area contributed by atoms with E-state index in [0.717, 1.165) is 0 Å². The van der Waals surface area contributed by atoms with E-state index in [-0.39, 0.29) is 17.6 Å². The lowest BCUT2D eigenvalue weighted by Gasteiger charge is -2.13. The van der Waals surface area contributed by atoms with Crippen LogP contribution in [-0.2, 0) is 10.4 Å². The van der Waals surface area contributed by atoms with Gasteiger partial charge in [0.1, 0.15) is 23.8 Å². The normalized spacial score (nSPS) is 10.7. The molecule has 0 aliphatic rings. The molecule has 0 radical (unpaired) electrons. The molecule has 0 aliphatic carbocycles. The number of aromatic nitrogens is 3. The van der Waals surface area contributed by atoms with E-state index in [2.05, 4.69) is 15.0 Å². The van der Waals surface area contributed by atoms with Crippen molar-refractivity contribution in [3.8, 4) is 5.88 Å². The Balaban J connectivity index is 0.000000292. The molecule has 3 rings (SSSR count). The van der Waals surface area contributed by atoms with Crippen molar-refractivity contribution in [3.05, 3.63) is 71.8 Å². The molecule has 0 unspecified atom stereocenters. The minimum Gasteiger partial charge on any atom is -0.469 e. The van der Waals surface area contributed by atoms with Crippen molar-refractivity contribution in [3.63, 3.8) is 0 Å². The van der Waals surface area contributed by atoms with E-state index in [1.807, 2.05) is 0 Å². The minimum absolute atomic E-state index is 0.188. The van der Waals surface area contributed by atoms with Crippen LogP contribution in [0.15, 0.2) is 59.7 Å². The summed E-state index contributed by atoms with van der Waals surface area (Å²) in [7, 11) is 0. The summed E-state index contributed by atoms with van der Waals surface area (Å²) in [6, 6.07) is 8.30. The number of furan rings is 1. The van der Waals surface area contributed by atoms with Crippen LogP contribution in [0, 0.1) is 0 Å². The van der Waals surface area contributed by atoms with Crippen LogP contribution < -0.4 is 4.74 Å². The lowest BCUT2D eigenvalue weighted by molar-refractivity contribution is 0.260. The number of hydrogen-bond acceptors (Lipinski definition) is 5. The number of hydrogen-bond donors (Lipinski definition) is 0. The summed E-state index contributed by atoms with van der Waals surface area (Å²) in [5.74, 6) is 0.924. The Labute approximate surface area is 158 Å². The summed E-state index contributed by atoms with van der Waals surface area (Å²) in [5.41, 5.74) is 0.391. The summed E-state index contributed by atoms with van der Waals surface area (Å²) in [6.45, 7) is 0.222. The average Bonchev–Trinajstić information content (AvgIpc) is 3.07. The molecule has 0 saturated heterocycles. The Morgan fingerprint density at radius 1 is 1.08 bits per heavy atom. The van der Waals surface area contributed by atoms with E-state index in [1.165, 1.54) is 18.5 Å². The first kappa shape index (κ1) is 18.8. The standard InChI is InChI=1S/C11H7Cl4NO2.C4H4N2/c12-9-4-7(11(13,14)15)5-10(16-9)18-6-8-2-1-3-17-8;1-2-5-4-6-3-1/h1-5H,6H2;1-4H. The lowest BCUT2D eigenvalue weighted by Crippen LogP contribution is -2.03. The highest BCUT2D eigenvalue weighted by molar-refractivity contribution is 6.66. The molecule has 3 aromatic heterocycles. The monoisotopic (exact) mass is 405 g/mol. The van der Waals surface area contributed by atoms with Crippen molar-refractivity contribution in [1.29, 1.82) is 0 Å². The van der Waals surface area contributed by atoms with Gasteiger partial charge in [0.2, 0.25) is 9.67 Å². The molecule has 0 aliphatic heterocycles. The van der Waals surface area contributed by atoms with Crippen LogP contribution in [0.25, 0.3) is 0 Å². The second-order valence-corrected chi connectivity index (χ2v) is 6.96. The van der Waals surface area contributed by atoms with Crippen molar-refractivity contribution < 1.29 is 9.15 Å². The number of nitrogens with zero attached hydrogens (tertiary/aromatic N) is 3. The van der Waals surface area contributed by atoms with Crippen molar-refractivity contribution in [2.75, 3.05) is 0 Å². The van der Waals surface area contributed by atoms with Gasteiger partial charge < -0.3 is 9.15 Å². The molecule has 5 nitrogen and oxygen atoms in total. The number of ether oxygens (including phenoxy) is 1. The van der Waals surface area contributed by atoms with Gasteiger partial charge >= 0.3 is 0 Å². The van der Waals surface area contributed by atoms with Gasteiger partial charge in [-0.05, 0) is 24.3 Å². The lowest BCUT2D eigenvalue weighted by atomic mass is 10.3. The van der Waals surface area contributed by atoms with Gasteiger partial charge in [0.25, 0.3) is 0 Å². The van der Waals surface area contributed by atoms with Gasteiger partial charge in [-0.3, -0.25) is 0 Å². The molecule has 0 N–H and O–H groups in total. The highest BCUT2D eigenvalue weighted by Crippen LogP contribution is 2.40. The zero-order valence-corrected chi connectivity index (χ0v) is 15.1. The topological polar surface area (TPSA) is 61.0 Å². The second kappa shape index (κ2) is 9.08. The van der Waals surface area contributed by atoms with Gasteiger partial charge in [0.15, 0.2) is 0 Å². The van der Waals surface area contributed by atoms with E-state index in [4.69, 9.17) is 55.6 Å². The van der Waals surface area contributed by atoms with Crippen molar-refractivity contribution >= 4 is 46.4 Å². The molecule has 0 bridgehead atoms. The fourth-order valence-electron chi connectivity index (χ4n) is 1.50. The molecule has 3 aromatic rings. The Bertz CT molecular complexity index is 708. The van der Waals surface area contributed by atoms with Gasteiger partial charge in [-0.25, -0.2) is 15.0 Å². The first-order valence-electron chi connectivity index (χ1n) is 6.55. The predicted octanol–water partition coefficient (Wildman–Crippen LogP) is 5.21. The molecule has 0 atom stereocenters. The molecule has 0 spiro atoms. The van der Waals surface area contributed by atoms with Crippen molar-refractivity contribution in [1.82, 2.24) is 15.0 Å². The van der Waals surface area contributed by atoms with Gasteiger partial charge in [0.05, 0.1) is 6.26 Å². The maximum absolute atomic E-state index is 5.83. The largest absolute Gasteiger partial charge is 0.469 e. The molecule has 0 amide bonds. The molecule has 126 valence electrons. The third-order valence-electron chi connectivity index (χ3n) is 2.52. The summed E-state index contributed by atoms with van der Waals surface area (Å²) in [4.78, 5) is 11.3. The molecule has 0 aromatic carbocycles. The smallest absolute Gasteiger partial charge is 0.216 e. The summed E-state index contributed by atoms with van der Waals surface area (Å²) < 4.78 is 8.95. The van der Waals surface area contributed by atoms with E-state index in [1.54, 1.807) is 36.9 Å². The van der Waals surface area contributed by atoms with Crippen LogP contribution in [0.3, 0.4) is 0 Å². The Morgan fingerprint density at radius 2 is 1.83 bits per heavy atom. The second-order valence-electron chi connectivity index (χ2n) is 4.29. The molecule has 0 fully saturated rings. The Kier molecular flexibility index (Phi) is 7.12. The highest BCUT2D eigenvalue weighted by atomic mass is 35.6. The minimum atomic E-state index is -1.57. The van der Waals surface area contributed by atoms with Gasteiger partial charge in [-0.15, -0.1) is 0 Å². The van der Waals surface area contributed by atoms with Gasteiger partial charge in [0, 0.05) is 24.0 Å². The maximum atomic E-state index is 5.83. The quantitative estimate of drug-likeness (QED) is 0.441. The fraction of sp³-hybridized carbons (Fsp3) is 0.133. The Hall–Kier alpha value is -1.53. The van der Waals surface area contributed by atoms with Gasteiger partial charge in [-0.2, -0.15) is 0 Å². The molecule has 3 heterocycles. The SMILES string of the molecule is Clc1cc(C(Cl)(Cl)Cl)cc(OCc2ccco2)n1.c1cncnc1. The van der Waals surface area contributed by atoms with E-state index in [9.17, 15) is 0 Å². The summed E-state index contributed by atoms with van der Waals surface area (Å²) in [5, 5.41) is 0.188. The first-order chi connectivity index (χ1) is 11.4. The Morgan fingerprint density at radius 3 is 2.33 bits per heavy atom. The van der Waals surface area contributed by atoms with E-state index in [0.29, 0.717) is 11.3 Å². The maximum Gasteiger partial charge on any atom is 0.216 e. The van der Waals surface area contributed by atoms with E-state index >= 15 is 0 Å². The third kappa shape index (κ3) is 6.53. The van der Waals surface area contributed by atoms with Crippen LogP contribution in [0.2, 0.25) is 5.15 Å². The first-order valence-corrected chi connectivity index (χ1v) is 8.06. The van der Waals surface area contributed by atoms with Crippen molar-refractivity contribution in [2.24, 2.45) is 0 Å². The molecular weight excluding hydrogens is 396 g/mol. The molecule has 24 heavy (non-hydrogen) atoms. The zero-order valence-electron chi connectivity index (χ0n) is 12.1. The predicted molar refractivity (Wildman–Crippen MR) is 93.6 cm³/mol. The van der Waals surface area contributed by atoms with E-state index < -0.39 is 3.79 Å². The van der Waals surface area contributed by atoms with Crippen LogP contribution in [0.4, 0.5) is 0 Å². The van der Waals surface area contributed by atoms with Crippen LogP contribution in [0.1, 0.15) is 11.3 Å². The van der Waals surface area contributed by atoms with Crippen LogP contribution in [0.5, 0.6) is 5.88 Å². The number of rotatable bonds is 3. The average molecular weight is 407 g/mol. The van der Waals surface area contributed by atoms with Crippen molar-refractivity contribution in [2.45, 2.75) is 10.4 Å². The van der Waals surface area contributed by atoms with Crippen LogP contribution >= 0.6 is 46.4 Å². The number of pyridine rings is 1. The molecular formula is C15H11Cl4N3O2. The fourth-order valence-corrected chi connectivity index (χ4v) is 2.03. The molecule has 0 saturated carbocycles. The summed E-state index contributed by atoms with van der Waals surface area (Å²) in [6.07, 6.45) is 6.43. The molecule has 9 heteroatoms.